The predicted molar refractivity (Wildman–Crippen MR) is 108 cm³/mol. The second-order valence-electron chi connectivity index (χ2n) is 9.99. The molecule has 0 heterocycles. The summed E-state index contributed by atoms with van der Waals surface area (Å²) in [6.45, 7) is 6.58. The highest BCUT2D eigenvalue weighted by molar-refractivity contribution is 5.90. The van der Waals surface area contributed by atoms with Crippen molar-refractivity contribution in [3.8, 4) is 11.8 Å². The Bertz CT molecular complexity index is 804. The van der Waals surface area contributed by atoms with E-state index in [1.54, 1.807) is 0 Å². The lowest BCUT2D eigenvalue weighted by Crippen LogP contribution is -2.63. The number of aliphatic hydroxyl groups is 1. The van der Waals surface area contributed by atoms with E-state index in [0.717, 1.165) is 31.1 Å². The molecule has 5 nitrogen and oxygen atoms in total. The summed E-state index contributed by atoms with van der Waals surface area (Å²) < 4.78 is 5.96. The van der Waals surface area contributed by atoms with Crippen LogP contribution in [0, 0.1) is 57.7 Å². The van der Waals surface area contributed by atoms with Gasteiger partial charge in [0.25, 0.3) is 0 Å². The van der Waals surface area contributed by atoms with Gasteiger partial charge in [0.15, 0.2) is 0 Å². The summed E-state index contributed by atoms with van der Waals surface area (Å²) in [4.78, 5) is 26.0. The number of aliphatic carboxylic acids is 1. The lowest BCUT2D eigenvalue weighted by molar-refractivity contribution is -0.186. The lowest BCUT2D eigenvalue weighted by atomic mass is 9.43. The van der Waals surface area contributed by atoms with Gasteiger partial charge in [0.1, 0.15) is 24.9 Å². The molecular weight excluding hydrogens is 368 g/mol. The zero-order valence-corrected chi connectivity index (χ0v) is 17.6. The summed E-state index contributed by atoms with van der Waals surface area (Å²) in [6.07, 6.45) is 6.63. The molecule has 4 aliphatic rings. The summed E-state index contributed by atoms with van der Waals surface area (Å²) in [5, 5.41) is 19.7. The first-order valence-electron chi connectivity index (χ1n) is 10.9. The van der Waals surface area contributed by atoms with Crippen molar-refractivity contribution >= 4 is 12.3 Å². The molecule has 29 heavy (non-hydrogen) atoms. The van der Waals surface area contributed by atoms with E-state index in [0.29, 0.717) is 24.9 Å². The number of carboxylic acids is 1. The van der Waals surface area contributed by atoms with E-state index in [2.05, 4.69) is 24.8 Å². The van der Waals surface area contributed by atoms with Crippen molar-refractivity contribution in [2.75, 3.05) is 19.8 Å². The molecular formula is C24H32O5. The fourth-order valence-electron chi connectivity index (χ4n) is 8.03. The third-order valence-corrected chi connectivity index (χ3v) is 8.86. The molecule has 0 aromatic rings. The molecule has 0 unspecified atom stereocenters. The Balaban J connectivity index is 1.86. The van der Waals surface area contributed by atoms with Crippen molar-refractivity contribution in [2.45, 2.75) is 46.5 Å². The van der Waals surface area contributed by atoms with Crippen LogP contribution in [0.1, 0.15) is 46.5 Å². The maximum atomic E-state index is 13.2. The Morgan fingerprint density at radius 1 is 1.34 bits per heavy atom. The van der Waals surface area contributed by atoms with Crippen molar-refractivity contribution in [3.63, 3.8) is 0 Å². The Labute approximate surface area is 172 Å². The number of hydrogen-bond acceptors (Lipinski definition) is 4. The Kier molecular flexibility index (Phi) is 4.95. The number of fused-ring (bicyclic) bond motifs is 2. The molecule has 0 aromatic heterocycles. The van der Waals surface area contributed by atoms with E-state index in [4.69, 9.17) is 9.84 Å². The fraction of sp³-hybridized carbons (Fsp3) is 0.750. The van der Waals surface area contributed by atoms with Gasteiger partial charge >= 0.3 is 5.97 Å². The summed E-state index contributed by atoms with van der Waals surface area (Å²) in [5.74, 6) is 5.63. The molecule has 0 spiro atoms. The van der Waals surface area contributed by atoms with Crippen LogP contribution >= 0.6 is 0 Å². The lowest BCUT2D eigenvalue weighted by Gasteiger charge is -2.58. The minimum absolute atomic E-state index is 0.0461. The number of rotatable bonds is 6. The number of carbonyl (C=O) groups excluding carboxylic acids is 1. The maximum Gasteiger partial charge on any atom is 0.315 e. The molecule has 3 saturated carbocycles. The molecule has 4 bridgehead atoms. The highest BCUT2D eigenvalue weighted by atomic mass is 16.5. The van der Waals surface area contributed by atoms with Gasteiger partial charge in [-0.25, -0.2) is 0 Å². The molecule has 4 aliphatic carbocycles. The number of carbonyl (C=O) groups is 2. The number of carboxylic acid groups (broad SMARTS) is 1. The van der Waals surface area contributed by atoms with Gasteiger partial charge < -0.3 is 19.7 Å². The standard InChI is InChI=1S/C24H32O5/c1-15(2)20-10-17-11-22(13-26)19-7-6-16(3)18(19)12-23(17,24(20,22)21(27)28)14-29-9-5-4-8-25/h10,13,15-19,25H,6-9,11-12,14H2,1-3H3,(H,27,28)/t16-,17+,18-,19-,22+,23+,24+/m0/s1. The molecule has 0 saturated heterocycles. The number of ether oxygens (including phenoxy) is 1. The first kappa shape index (κ1) is 20.6. The maximum absolute atomic E-state index is 13.2. The molecule has 4 rings (SSSR count). The number of aliphatic hydroxyl groups excluding tert-OH is 1. The van der Waals surface area contributed by atoms with Crippen LogP contribution in [0.4, 0.5) is 0 Å². The van der Waals surface area contributed by atoms with Gasteiger partial charge in [-0.15, -0.1) is 0 Å². The summed E-state index contributed by atoms with van der Waals surface area (Å²) in [6, 6.07) is 0. The first-order chi connectivity index (χ1) is 13.8. The van der Waals surface area contributed by atoms with Crippen molar-refractivity contribution in [3.05, 3.63) is 11.6 Å². The normalized spacial score (nSPS) is 44.2. The van der Waals surface area contributed by atoms with Crippen molar-refractivity contribution in [2.24, 2.45) is 45.8 Å². The zero-order valence-electron chi connectivity index (χ0n) is 17.6. The van der Waals surface area contributed by atoms with E-state index in [9.17, 15) is 14.7 Å². The quantitative estimate of drug-likeness (QED) is 0.310. The zero-order chi connectivity index (χ0) is 21.0. The Hall–Kier alpha value is -1.64. The van der Waals surface area contributed by atoms with E-state index in [-0.39, 0.29) is 31.0 Å². The average Bonchev–Trinajstić information content (AvgIpc) is 3.25. The molecule has 3 fully saturated rings. The molecule has 7 atom stereocenters. The van der Waals surface area contributed by atoms with Crippen molar-refractivity contribution < 1.29 is 24.5 Å². The number of aldehydes is 1. The van der Waals surface area contributed by atoms with Crippen LogP contribution in [0.5, 0.6) is 0 Å². The summed E-state index contributed by atoms with van der Waals surface area (Å²) in [5.41, 5.74) is -1.70. The second-order valence-corrected chi connectivity index (χ2v) is 9.99. The number of hydrogen-bond donors (Lipinski definition) is 2. The van der Waals surface area contributed by atoms with Gasteiger partial charge in [0.2, 0.25) is 0 Å². The highest BCUT2D eigenvalue weighted by Crippen LogP contribution is 2.82. The topological polar surface area (TPSA) is 83.8 Å². The SMILES string of the molecule is CC(C)C1=C[C@@H]2C[C@@]3(C=O)[C@H]4CC[C@H](C)[C@@H]4C[C@]2(COCC#CCO)[C@@]13C(=O)O. The highest BCUT2D eigenvalue weighted by Gasteiger charge is 2.84. The second kappa shape index (κ2) is 6.96. The van der Waals surface area contributed by atoms with Crippen LogP contribution in [0.25, 0.3) is 0 Å². The minimum atomic E-state index is -1.18. The minimum Gasteiger partial charge on any atom is -0.481 e. The van der Waals surface area contributed by atoms with E-state index in [1.807, 2.05) is 13.8 Å². The third-order valence-electron chi connectivity index (χ3n) is 8.86. The van der Waals surface area contributed by atoms with E-state index in [1.165, 1.54) is 0 Å². The van der Waals surface area contributed by atoms with Crippen LogP contribution < -0.4 is 0 Å². The number of allylic oxidation sites excluding steroid dienone is 1. The fourth-order valence-corrected chi connectivity index (χ4v) is 8.03. The van der Waals surface area contributed by atoms with Gasteiger partial charge in [-0.2, -0.15) is 0 Å². The van der Waals surface area contributed by atoms with Gasteiger partial charge in [-0.3, -0.25) is 4.79 Å². The van der Waals surface area contributed by atoms with Gasteiger partial charge in [-0.1, -0.05) is 50.7 Å². The summed E-state index contributed by atoms with van der Waals surface area (Å²) >= 11 is 0. The van der Waals surface area contributed by atoms with Crippen LogP contribution in [0.2, 0.25) is 0 Å². The predicted octanol–water partition coefficient (Wildman–Crippen LogP) is 2.92. The smallest absolute Gasteiger partial charge is 0.315 e. The molecule has 0 radical (unpaired) electrons. The average molecular weight is 401 g/mol. The van der Waals surface area contributed by atoms with Gasteiger partial charge in [0.05, 0.1) is 12.0 Å². The van der Waals surface area contributed by atoms with Crippen LogP contribution in [0.3, 0.4) is 0 Å². The monoisotopic (exact) mass is 400 g/mol. The molecule has 0 aromatic carbocycles. The van der Waals surface area contributed by atoms with Crippen molar-refractivity contribution in [1.29, 1.82) is 0 Å². The van der Waals surface area contributed by atoms with Crippen LogP contribution in [-0.4, -0.2) is 42.3 Å². The third kappa shape index (κ3) is 2.31. The largest absolute Gasteiger partial charge is 0.481 e. The van der Waals surface area contributed by atoms with Crippen LogP contribution in [0.15, 0.2) is 11.6 Å². The summed E-state index contributed by atoms with van der Waals surface area (Å²) in [7, 11) is 0. The van der Waals surface area contributed by atoms with Gasteiger partial charge in [0, 0.05) is 5.41 Å². The molecule has 158 valence electrons. The van der Waals surface area contributed by atoms with Gasteiger partial charge in [-0.05, 0) is 48.9 Å². The molecule has 0 amide bonds. The van der Waals surface area contributed by atoms with E-state index >= 15 is 0 Å². The first-order valence-corrected chi connectivity index (χ1v) is 10.9. The Morgan fingerprint density at radius 3 is 2.72 bits per heavy atom. The van der Waals surface area contributed by atoms with Crippen molar-refractivity contribution in [1.82, 2.24) is 0 Å². The molecule has 5 heteroatoms. The Morgan fingerprint density at radius 2 is 2.10 bits per heavy atom. The van der Waals surface area contributed by atoms with Crippen LogP contribution in [-0.2, 0) is 14.3 Å². The van der Waals surface area contributed by atoms with E-state index < -0.39 is 22.2 Å². The molecule has 0 aliphatic heterocycles. The molecule has 2 N–H and O–H groups in total.